The summed E-state index contributed by atoms with van der Waals surface area (Å²) in [6.45, 7) is 10.6. The first-order valence-electron chi connectivity index (χ1n) is 5.02. The summed E-state index contributed by atoms with van der Waals surface area (Å²) in [5.41, 5.74) is 0. The Kier molecular flexibility index (Phi) is 9.88. The lowest BCUT2D eigenvalue weighted by Gasteiger charge is -2.21. The van der Waals surface area contributed by atoms with Gasteiger partial charge in [0.05, 0.1) is 11.0 Å². The number of hydrogen-bond acceptors (Lipinski definition) is 1. The van der Waals surface area contributed by atoms with Gasteiger partial charge < -0.3 is 5.48 Å². The van der Waals surface area contributed by atoms with E-state index in [1.54, 1.807) is 6.26 Å². The van der Waals surface area contributed by atoms with Crippen LogP contribution in [0.5, 0.6) is 0 Å². The van der Waals surface area contributed by atoms with Gasteiger partial charge in [-0.15, -0.1) is 0 Å². The van der Waals surface area contributed by atoms with Crippen LogP contribution >= 0.6 is 0 Å². The second kappa shape index (κ2) is 8.38. The topological polar surface area (TPSA) is 51.8 Å². The molecule has 0 aliphatic heterocycles. The van der Waals surface area contributed by atoms with Gasteiger partial charge in [-0.1, -0.05) is 27.7 Å². The van der Waals surface area contributed by atoms with Crippen molar-refractivity contribution in [3.05, 3.63) is 0 Å². The predicted octanol–water partition coefficient (Wildman–Crippen LogP) is 1.46. The maximum Gasteiger partial charge on any atom is 0.0910 e. The zero-order valence-corrected chi connectivity index (χ0v) is 10.9. The third-order valence-corrected chi connectivity index (χ3v) is 2.95. The van der Waals surface area contributed by atoms with Crippen LogP contribution in [0.1, 0.15) is 34.1 Å². The highest BCUT2D eigenvalue weighted by Crippen LogP contribution is 2.06. The van der Waals surface area contributed by atoms with E-state index in [0.717, 1.165) is 19.5 Å². The number of rotatable bonds is 6. The molecule has 0 aromatic heterocycles. The Morgan fingerprint density at radius 3 is 1.93 bits per heavy atom. The van der Waals surface area contributed by atoms with Crippen LogP contribution in [-0.4, -0.2) is 33.3 Å². The summed E-state index contributed by atoms with van der Waals surface area (Å²) in [5, 5.41) is 0. The molecule has 0 aromatic carbocycles. The zero-order chi connectivity index (χ0) is 10.4. The van der Waals surface area contributed by atoms with E-state index in [-0.39, 0.29) is 5.48 Å². The van der Waals surface area contributed by atoms with E-state index in [2.05, 4.69) is 32.0 Å². The highest BCUT2D eigenvalue weighted by molar-refractivity contribution is 7.81. The lowest BCUT2D eigenvalue weighted by atomic mass is 10.1. The summed E-state index contributed by atoms with van der Waals surface area (Å²) in [5.74, 6) is 1.29. The van der Waals surface area contributed by atoms with Crippen molar-refractivity contribution >= 4 is 11.0 Å². The minimum absolute atomic E-state index is 0. The van der Waals surface area contributed by atoms with E-state index in [0.29, 0.717) is 11.8 Å². The molecule has 0 fully saturated rings. The molecule has 0 aromatic rings. The van der Waals surface area contributed by atoms with E-state index < -0.39 is 11.0 Å². The third kappa shape index (κ3) is 8.66. The van der Waals surface area contributed by atoms with Gasteiger partial charge in [-0.25, -0.2) is 8.51 Å². The summed E-state index contributed by atoms with van der Waals surface area (Å²) in [6, 6.07) is 0. The van der Waals surface area contributed by atoms with E-state index in [4.69, 9.17) is 0 Å². The van der Waals surface area contributed by atoms with Crippen LogP contribution in [-0.2, 0) is 11.0 Å². The van der Waals surface area contributed by atoms with Gasteiger partial charge in [0.2, 0.25) is 0 Å². The molecule has 4 heteroatoms. The van der Waals surface area contributed by atoms with Crippen LogP contribution < -0.4 is 0 Å². The van der Waals surface area contributed by atoms with E-state index in [9.17, 15) is 4.21 Å². The average molecular weight is 223 g/mol. The fourth-order valence-electron chi connectivity index (χ4n) is 1.13. The van der Waals surface area contributed by atoms with Crippen molar-refractivity contribution in [3.63, 3.8) is 0 Å². The van der Waals surface area contributed by atoms with Crippen molar-refractivity contribution in [2.45, 2.75) is 34.1 Å². The molecule has 1 unspecified atom stereocenters. The molecule has 88 valence electrons. The summed E-state index contributed by atoms with van der Waals surface area (Å²) >= 11 is 0. The molecule has 0 rings (SSSR count). The molecule has 3 nitrogen and oxygen atoms in total. The predicted molar refractivity (Wildman–Crippen MR) is 63.5 cm³/mol. The Bertz CT molecular complexity index is 160. The van der Waals surface area contributed by atoms with Crippen molar-refractivity contribution in [1.29, 1.82) is 0 Å². The van der Waals surface area contributed by atoms with E-state index >= 15 is 0 Å². The van der Waals surface area contributed by atoms with Gasteiger partial charge >= 0.3 is 0 Å². The smallest absolute Gasteiger partial charge is 0.0910 e. The SMILES string of the molecule is CC(C)CCN(CC(C)C)S(C)=O.O. The lowest BCUT2D eigenvalue weighted by Crippen LogP contribution is -2.30. The molecule has 0 heterocycles. The number of nitrogens with zero attached hydrogens (tertiary/aromatic N) is 1. The average Bonchev–Trinajstić information content (AvgIpc) is 1.96. The van der Waals surface area contributed by atoms with Crippen molar-refractivity contribution in [2.24, 2.45) is 11.8 Å². The van der Waals surface area contributed by atoms with E-state index in [1.807, 2.05) is 0 Å². The molecule has 14 heavy (non-hydrogen) atoms. The van der Waals surface area contributed by atoms with Crippen LogP contribution in [0.3, 0.4) is 0 Å². The van der Waals surface area contributed by atoms with Crippen molar-refractivity contribution in [2.75, 3.05) is 19.3 Å². The van der Waals surface area contributed by atoms with Crippen LogP contribution in [0.15, 0.2) is 0 Å². The summed E-state index contributed by atoms with van der Waals surface area (Å²) < 4.78 is 13.4. The van der Waals surface area contributed by atoms with Crippen molar-refractivity contribution in [3.8, 4) is 0 Å². The standard InChI is InChI=1S/C10H23NOS.H2O/c1-9(2)6-7-11(13(5)12)8-10(3)4;/h9-10H,6-8H2,1-5H3;1H2. The highest BCUT2D eigenvalue weighted by atomic mass is 32.2. The Hall–Kier alpha value is 0.0700. The second-order valence-electron chi connectivity index (χ2n) is 4.39. The molecule has 0 spiro atoms. The summed E-state index contributed by atoms with van der Waals surface area (Å²) in [6.07, 6.45) is 2.90. The van der Waals surface area contributed by atoms with Crippen LogP contribution in [0.25, 0.3) is 0 Å². The summed E-state index contributed by atoms with van der Waals surface area (Å²) in [7, 11) is -0.807. The van der Waals surface area contributed by atoms with Gasteiger partial charge in [0.15, 0.2) is 0 Å². The molecule has 0 saturated heterocycles. The molecule has 0 bridgehead atoms. The van der Waals surface area contributed by atoms with Gasteiger partial charge in [0, 0.05) is 19.3 Å². The van der Waals surface area contributed by atoms with Crippen LogP contribution in [0.4, 0.5) is 0 Å². The Balaban J connectivity index is 0. The van der Waals surface area contributed by atoms with Crippen LogP contribution in [0.2, 0.25) is 0 Å². The Labute approximate surface area is 90.8 Å². The first kappa shape index (κ1) is 16.5. The molecule has 0 amide bonds. The quantitative estimate of drug-likeness (QED) is 0.672. The van der Waals surface area contributed by atoms with Gasteiger partial charge in [-0.05, 0) is 18.3 Å². The highest BCUT2D eigenvalue weighted by Gasteiger charge is 2.10. The minimum Gasteiger partial charge on any atom is -0.412 e. The molecule has 0 saturated carbocycles. The minimum atomic E-state index is -0.807. The molecule has 0 radical (unpaired) electrons. The van der Waals surface area contributed by atoms with Crippen molar-refractivity contribution in [1.82, 2.24) is 4.31 Å². The van der Waals surface area contributed by atoms with E-state index in [1.165, 1.54) is 0 Å². The zero-order valence-electron chi connectivity index (χ0n) is 10.0. The fourth-order valence-corrected chi connectivity index (χ4v) is 2.00. The van der Waals surface area contributed by atoms with Crippen LogP contribution in [0, 0.1) is 11.8 Å². The van der Waals surface area contributed by atoms with Crippen molar-refractivity contribution < 1.29 is 9.69 Å². The van der Waals surface area contributed by atoms with Gasteiger partial charge in [-0.3, -0.25) is 0 Å². The Morgan fingerprint density at radius 2 is 1.64 bits per heavy atom. The molecule has 2 N–H and O–H groups in total. The first-order chi connectivity index (χ1) is 5.93. The van der Waals surface area contributed by atoms with Gasteiger partial charge in [-0.2, -0.15) is 0 Å². The maximum atomic E-state index is 11.3. The summed E-state index contributed by atoms with van der Waals surface area (Å²) in [4.78, 5) is 0. The third-order valence-electron chi connectivity index (χ3n) is 1.89. The maximum absolute atomic E-state index is 11.3. The molecule has 0 aliphatic carbocycles. The Morgan fingerprint density at radius 1 is 1.14 bits per heavy atom. The first-order valence-corrected chi connectivity index (χ1v) is 6.53. The molecular formula is C10H25NO2S. The molecule has 1 atom stereocenters. The molecule has 0 aliphatic rings. The van der Waals surface area contributed by atoms with Gasteiger partial charge in [0.1, 0.15) is 0 Å². The normalized spacial score (nSPS) is 13.4. The molecular weight excluding hydrogens is 198 g/mol. The monoisotopic (exact) mass is 223 g/mol. The van der Waals surface area contributed by atoms with Gasteiger partial charge in [0.25, 0.3) is 0 Å². The fraction of sp³-hybridized carbons (Fsp3) is 1.00. The second-order valence-corrected chi connectivity index (χ2v) is 5.75. The number of hydrogen-bond donors (Lipinski definition) is 0. The largest absolute Gasteiger partial charge is 0.412 e. The lowest BCUT2D eigenvalue weighted by molar-refractivity contribution is 0.364.